The number of nitrogens with zero attached hydrogens (tertiary/aromatic N) is 2. The molecule has 0 spiro atoms. The van der Waals surface area contributed by atoms with E-state index in [1.54, 1.807) is 23.0 Å². The highest BCUT2D eigenvalue weighted by Crippen LogP contribution is 2.57. The summed E-state index contributed by atoms with van der Waals surface area (Å²) < 4.78 is 25.1. The second kappa shape index (κ2) is 16.0. The van der Waals surface area contributed by atoms with E-state index in [-0.39, 0.29) is 72.0 Å². The van der Waals surface area contributed by atoms with Gasteiger partial charge in [-0.15, -0.1) is 0 Å². The molecule has 0 radical (unpaired) electrons. The van der Waals surface area contributed by atoms with Crippen LogP contribution in [0.5, 0.6) is 23.5 Å². The van der Waals surface area contributed by atoms with Gasteiger partial charge in [-0.05, 0) is 65.2 Å². The molecule has 4 aliphatic carbocycles. The first-order valence-corrected chi connectivity index (χ1v) is 18.4. The molecule has 2 aromatic heterocycles. The minimum absolute atomic E-state index is 0.171. The Morgan fingerprint density at radius 2 is 0.920 bits per heavy atom. The van der Waals surface area contributed by atoms with Gasteiger partial charge in [0.1, 0.15) is 0 Å². The van der Waals surface area contributed by atoms with E-state index >= 15 is 0 Å². The third-order valence-electron chi connectivity index (χ3n) is 10.6. The molecule has 4 N–H and O–H groups in total. The molecular weight excluding hydrogens is 644 g/mol. The smallest absolute Gasteiger partial charge is 0.308 e. The van der Waals surface area contributed by atoms with Crippen LogP contribution in [0.4, 0.5) is 0 Å². The van der Waals surface area contributed by atoms with Crippen LogP contribution >= 0.6 is 0 Å². The van der Waals surface area contributed by atoms with Crippen molar-refractivity contribution in [1.29, 1.82) is 0 Å². The fourth-order valence-electron chi connectivity index (χ4n) is 8.09. The van der Waals surface area contributed by atoms with Crippen molar-refractivity contribution in [2.45, 2.75) is 140 Å². The molecule has 12 nitrogen and oxygen atoms in total. The van der Waals surface area contributed by atoms with Gasteiger partial charge in [-0.2, -0.15) is 0 Å². The Morgan fingerprint density at radius 3 is 1.26 bits per heavy atom. The number of aromatic hydroxyl groups is 4. The van der Waals surface area contributed by atoms with Crippen molar-refractivity contribution in [3.63, 3.8) is 0 Å². The van der Waals surface area contributed by atoms with Crippen molar-refractivity contribution in [2.24, 2.45) is 0 Å². The Balaban J connectivity index is 0.737. The van der Waals surface area contributed by atoms with Gasteiger partial charge in [0.25, 0.3) is 0 Å². The number of aromatic nitrogens is 2. The molecule has 12 heteroatoms. The number of allylic oxidation sites excluding steroid dienone is 4. The van der Waals surface area contributed by atoms with E-state index in [2.05, 4.69) is 24.3 Å². The van der Waals surface area contributed by atoms with Crippen molar-refractivity contribution in [3.8, 4) is 23.5 Å². The number of hydrogen-bond acceptors (Lipinski definition) is 10. The fraction of sp³-hybridized carbons (Fsp3) is 0.632. The third kappa shape index (κ3) is 7.71. The van der Waals surface area contributed by atoms with Crippen molar-refractivity contribution < 1.29 is 49.0 Å². The van der Waals surface area contributed by atoms with E-state index in [0.717, 1.165) is 60.8 Å². The number of ether oxygens (including phenoxy) is 4. The molecule has 4 aliphatic rings. The van der Waals surface area contributed by atoms with Crippen LogP contribution in [0.3, 0.4) is 0 Å². The van der Waals surface area contributed by atoms with E-state index in [9.17, 15) is 30.0 Å². The lowest BCUT2D eigenvalue weighted by Gasteiger charge is -2.16. The standard InChI is InChI=1S/C38H52N2O10/c1-23(49-29(41)11-5-3-7-17-39-35(43)31-25-13-14-26(21-25)32(31)36(39)44)47-19-9-10-20-48-24(2)50-30(42)12-6-4-8-18-40-37(45)33-27-15-16-28(22-27)34(33)38(40)46/h13-16,23-28,43-46H,3-12,17-22H2,1-2H3. The van der Waals surface area contributed by atoms with Crippen LogP contribution in [0.25, 0.3) is 0 Å². The van der Waals surface area contributed by atoms with Crippen molar-refractivity contribution in [2.75, 3.05) is 13.2 Å². The summed E-state index contributed by atoms with van der Waals surface area (Å²) in [5, 5.41) is 42.5. The predicted molar refractivity (Wildman–Crippen MR) is 183 cm³/mol. The molecule has 0 aliphatic heterocycles. The SMILES string of the molecule is CC(OCCCCOC(C)OC(=O)CCCCCn1c(O)c2c(c1O)C1C=CC2C1)OC(=O)CCCCCn1c(O)c2c(c1O)C1C=CC2C1. The van der Waals surface area contributed by atoms with Crippen LogP contribution < -0.4 is 0 Å². The van der Waals surface area contributed by atoms with Gasteiger partial charge in [0.15, 0.2) is 36.1 Å². The summed E-state index contributed by atoms with van der Waals surface area (Å²) >= 11 is 0. The first-order valence-electron chi connectivity index (χ1n) is 18.4. The second-order valence-corrected chi connectivity index (χ2v) is 14.1. The van der Waals surface area contributed by atoms with Crippen LogP contribution in [0.1, 0.15) is 137 Å². The molecule has 6 rings (SSSR count). The maximum absolute atomic E-state index is 12.2. The summed E-state index contributed by atoms with van der Waals surface area (Å²) in [5.41, 5.74) is 3.49. The van der Waals surface area contributed by atoms with Gasteiger partial charge in [-0.1, -0.05) is 37.1 Å². The maximum atomic E-state index is 12.2. The number of carbonyl (C=O) groups excluding carboxylic acids is 2. The quantitative estimate of drug-likeness (QED) is 0.0472. The number of carbonyl (C=O) groups is 2. The first kappa shape index (κ1) is 35.9. The van der Waals surface area contributed by atoms with Crippen molar-refractivity contribution >= 4 is 11.9 Å². The Morgan fingerprint density at radius 1 is 0.580 bits per heavy atom. The molecular formula is C38H52N2O10. The minimum atomic E-state index is -0.656. The van der Waals surface area contributed by atoms with Crippen LogP contribution in [0, 0.1) is 0 Å². The molecule has 2 heterocycles. The molecule has 6 atom stereocenters. The summed E-state index contributed by atoms with van der Waals surface area (Å²) in [6.45, 7) is 5.18. The Bertz CT molecular complexity index is 1400. The molecule has 2 aromatic rings. The monoisotopic (exact) mass is 696 g/mol. The second-order valence-electron chi connectivity index (χ2n) is 14.1. The summed E-state index contributed by atoms with van der Waals surface area (Å²) in [5.74, 6) is 0.850. The topological polar surface area (TPSA) is 162 Å². The largest absolute Gasteiger partial charge is 0.494 e. The van der Waals surface area contributed by atoms with E-state index in [1.807, 2.05) is 0 Å². The van der Waals surface area contributed by atoms with Crippen LogP contribution in [-0.2, 0) is 41.6 Å². The molecule has 4 bridgehead atoms. The Labute approximate surface area is 293 Å². The lowest BCUT2D eigenvalue weighted by molar-refractivity contribution is -0.178. The molecule has 0 fully saturated rings. The molecule has 0 amide bonds. The van der Waals surface area contributed by atoms with Gasteiger partial charge in [-0.3, -0.25) is 18.7 Å². The summed E-state index contributed by atoms with van der Waals surface area (Å²) in [4.78, 5) is 24.4. The Kier molecular flexibility index (Phi) is 11.5. The highest BCUT2D eigenvalue weighted by Gasteiger charge is 2.42. The maximum Gasteiger partial charge on any atom is 0.308 e. The third-order valence-corrected chi connectivity index (χ3v) is 10.6. The molecule has 0 saturated carbocycles. The van der Waals surface area contributed by atoms with Gasteiger partial charge in [0, 0.05) is 71.9 Å². The molecule has 0 aromatic carbocycles. The number of fused-ring (bicyclic) bond motifs is 10. The van der Waals surface area contributed by atoms with Crippen LogP contribution in [0.2, 0.25) is 0 Å². The van der Waals surface area contributed by atoms with E-state index in [4.69, 9.17) is 18.9 Å². The molecule has 6 unspecified atom stereocenters. The summed E-state index contributed by atoms with van der Waals surface area (Å²) in [6, 6.07) is 0. The Hall–Kier alpha value is -3.90. The normalized spacial score (nSPS) is 21.9. The highest BCUT2D eigenvalue weighted by atomic mass is 16.7. The van der Waals surface area contributed by atoms with Crippen molar-refractivity contribution in [1.82, 2.24) is 9.13 Å². The van der Waals surface area contributed by atoms with E-state index in [1.165, 1.54) is 0 Å². The van der Waals surface area contributed by atoms with Gasteiger partial charge in [0.05, 0.1) is 13.2 Å². The highest BCUT2D eigenvalue weighted by molar-refractivity contribution is 5.69. The number of rotatable bonds is 21. The first-order chi connectivity index (χ1) is 24.1. The predicted octanol–water partition coefficient (Wildman–Crippen LogP) is 6.81. The fourth-order valence-corrected chi connectivity index (χ4v) is 8.09. The van der Waals surface area contributed by atoms with Gasteiger partial charge in [-0.25, -0.2) is 0 Å². The zero-order valence-corrected chi connectivity index (χ0v) is 29.2. The summed E-state index contributed by atoms with van der Waals surface area (Å²) in [6.07, 6.45) is 15.2. The number of hydrogen-bond donors (Lipinski definition) is 4. The minimum Gasteiger partial charge on any atom is -0.494 e. The molecule has 0 saturated heterocycles. The molecule has 50 heavy (non-hydrogen) atoms. The van der Waals surface area contributed by atoms with Crippen LogP contribution in [-0.4, -0.2) is 67.3 Å². The van der Waals surface area contributed by atoms with Gasteiger partial charge >= 0.3 is 11.9 Å². The van der Waals surface area contributed by atoms with Gasteiger partial charge < -0.3 is 39.4 Å². The molecule has 274 valence electrons. The van der Waals surface area contributed by atoms with E-state index < -0.39 is 12.6 Å². The number of esters is 2. The number of unbranched alkanes of at least 4 members (excludes halogenated alkanes) is 5. The lowest BCUT2D eigenvalue weighted by atomic mass is 10.0. The summed E-state index contributed by atoms with van der Waals surface area (Å²) in [7, 11) is 0. The zero-order chi connectivity index (χ0) is 35.4. The zero-order valence-electron chi connectivity index (χ0n) is 29.2. The average Bonchev–Trinajstić information content (AvgIpc) is 3.94. The average molecular weight is 697 g/mol. The lowest BCUT2D eigenvalue weighted by Crippen LogP contribution is -2.20. The van der Waals surface area contributed by atoms with Gasteiger partial charge in [0.2, 0.25) is 0 Å². The van der Waals surface area contributed by atoms with Crippen molar-refractivity contribution in [3.05, 3.63) is 46.6 Å². The van der Waals surface area contributed by atoms with Crippen LogP contribution in [0.15, 0.2) is 24.3 Å². The van der Waals surface area contributed by atoms with E-state index in [0.29, 0.717) is 52.0 Å².